The third kappa shape index (κ3) is 3.54. The van der Waals surface area contributed by atoms with Crippen LogP contribution in [0.25, 0.3) is 0 Å². The molecule has 0 spiro atoms. The van der Waals surface area contributed by atoms with Gasteiger partial charge in [-0.05, 0) is 54.6 Å². The Morgan fingerprint density at radius 2 is 1.89 bits per heavy atom. The van der Waals surface area contributed by atoms with E-state index in [2.05, 4.69) is 52.0 Å². The second-order valence-corrected chi connectivity index (χ2v) is 7.69. The second kappa shape index (κ2) is 5.87. The highest BCUT2D eigenvalue weighted by atomic mass is 35.5. The summed E-state index contributed by atoms with van der Waals surface area (Å²) in [6.45, 7) is 9.34. The lowest BCUT2D eigenvalue weighted by atomic mass is 9.66. The van der Waals surface area contributed by atoms with E-state index in [4.69, 9.17) is 11.6 Å². The van der Waals surface area contributed by atoms with Gasteiger partial charge in [-0.1, -0.05) is 51.5 Å². The smallest absolute Gasteiger partial charge is 0.0372 e. The number of alkyl halides is 1. The first kappa shape index (κ1) is 14.9. The Morgan fingerprint density at radius 3 is 2.53 bits per heavy atom. The number of aryl methyl sites for hydroxylation is 1. The van der Waals surface area contributed by atoms with Crippen LogP contribution in [-0.4, -0.2) is 5.38 Å². The predicted octanol–water partition coefficient (Wildman–Crippen LogP) is 5.61. The Balaban J connectivity index is 2.12. The van der Waals surface area contributed by atoms with E-state index in [1.807, 2.05) is 0 Å². The van der Waals surface area contributed by atoms with Crippen LogP contribution in [0.5, 0.6) is 0 Å². The van der Waals surface area contributed by atoms with Crippen molar-refractivity contribution in [2.45, 2.75) is 58.8 Å². The van der Waals surface area contributed by atoms with Crippen LogP contribution in [0, 0.1) is 24.2 Å². The van der Waals surface area contributed by atoms with Crippen LogP contribution < -0.4 is 0 Å². The van der Waals surface area contributed by atoms with E-state index in [1.165, 1.54) is 30.4 Å². The van der Waals surface area contributed by atoms with E-state index < -0.39 is 0 Å². The molecule has 0 radical (unpaired) electrons. The summed E-state index contributed by atoms with van der Waals surface area (Å²) in [6, 6.07) is 8.76. The van der Waals surface area contributed by atoms with Gasteiger partial charge in [0.25, 0.3) is 0 Å². The number of benzene rings is 1. The van der Waals surface area contributed by atoms with Crippen LogP contribution in [0.3, 0.4) is 0 Å². The Labute approximate surface area is 123 Å². The fourth-order valence-corrected chi connectivity index (χ4v) is 4.39. The highest BCUT2D eigenvalue weighted by Gasteiger charge is 2.38. The average Bonchev–Trinajstić information content (AvgIpc) is 2.31. The third-order valence-corrected chi connectivity index (χ3v) is 5.43. The molecule has 1 fully saturated rings. The lowest BCUT2D eigenvalue weighted by molar-refractivity contribution is 0.141. The van der Waals surface area contributed by atoms with Crippen LogP contribution in [0.4, 0.5) is 0 Å². The SMILES string of the molecule is Cc1ccccc1CC(C)(C)C1CCC(C)CC1Cl. The first-order chi connectivity index (χ1) is 8.90. The molecule has 0 nitrogen and oxygen atoms in total. The van der Waals surface area contributed by atoms with Gasteiger partial charge in [0.2, 0.25) is 0 Å². The molecule has 1 aliphatic rings. The zero-order chi connectivity index (χ0) is 14.0. The van der Waals surface area contributed by atoms with Gasteiger partial charge < -0.3 is 0 Å². The summed E-state index contributed by atoms with van der Waals surface area (Å²) in [4.78, 5) is 0. The van der Waals surface area contributed by atoms with Gasteiger partial charge in [-0.15, -0.1) is 11.6 Å². The van der Waals surface area contributed by atoms with Crippen molar-refractivity contribution >= 4 is 11.6 Å². The van der Waals surface area contributed by atoms with E-state index in [1.54, 1.807) is 0 Å². The molecule has 0 bridgehead atoms. The molecule has 0 heterocycles. The molecule has 1 heteroatoms. The number of hydrogen-bond donors (Lipinski definition) is 0. The lowest BCUT2D eigenvalue weighted by Gasteiger charge is -2.42. The first-order valence-electron chi connectivity index (χ1n) is 7.59. The molecule has 0 amide bonds. The van der Waals surface area contributed by atoms with Crippen LogP contribution in [0.1, 0.15) is 51.2 Å². The van der Waals surface area contributed by atoms with Gasteiger partial charge in [-0.3, -0.25) is 0 Å². The van der Waals surface area contributed by atoms with E-state index >= 15 is 0 Å². The van der Waals surface area contributed by atoms with Crippen LogP contribution >= 0.6 is 11.6 Å². The Morgan fingerprint density at radius 1 is 1.21 bits per heavy atom. The fourth-order valence-electron chi connectivity index (χ4n) is 3.62. The molecule has 1 aliphatic carbocycles. The third-order valence-electron chi connectivity index (χ3n) is 4.95. The molecule has 0 aromatic heterocycles. The predicted molar refractivity (Wildman–Crippen MR) is 84.8 cm³/mol. The fraction of sp³-hybridized carbons (Fsp3) is 0.667. The lowest BCUT2D eigenvalue weighted by Crippen LogP contribution is -2.37. The Hall–Kier alpha value is -0.490. The minimum absolute atomic E-state index is 0.290. The van der Waals surface area contributed by atoms with Crippen LogP contribution in [-0.2, 0) is 6.42 Å². The van der Waals surface area contributed by atoms with E-state index in [0.717, 1.165) is 12.3 Å². The van der Waals surface area contributed by atoms with E-state index in [0.29, 0.717) is 16.7 Å². The summed E-state index contributed by atoms with van der Waals surface area (Å²) in [5.74, 6) is 1.44. The zero-order valence-corrected chi connectivity index (χ0v) is 13.5. The van der Waals surface area contributed by atoms with Gasteiger partial charge in [-0.2, -0.15) is 0 Å². The summed E-state index contributed by atoms with van der Waals surface area (Å²) >= 11 is 6.67. The van der Waals surface area contributed by atoms with Gasteiger partial charge in [0.15, 0.2) is 0 Å². The maximum Gasteiger partial charge on any atom is 0.0372 e. The molecule has 0 saturated heterocycles. The number of hydrogen-bond acceptors (Lipinski definition) is 0. The van der Waals surface area contributed by atoms with Gasteiger partial charge in [-0.25, -0.2) is 0 Å². The molecule has 2 rings (SSSR count). The normalized spacial score (nSPS) is 28.4. The molecule has 1 saturated carbocycles. The van der Waals surface area contributed by atoms with Crippen LogP contribution in [0.2, 0.25) is 0 Å². The van der Waals surface area contributed by atoms with Crippen molar-refractivity contribution in [3.8, 4) is 0 Å². The minimum Gasteiger partial charge on any atom is -0.123 e. The molecule has 3 unspecified atom stereocenters. The minimum atomic E-state index is 0.290. The maximum absolute atomic E-state index is 6.67. The molecule has 0 aliphatic heterocycles. The van der Waals surface area contributed by atoms with Crippen molar-refractivity contribution in [1.82, 2.24) is 0 Å². The van der Waals surface area contributed by atoms with Crippen LogP contribution in [0.15, 0.2) is 24.3 Å². The van der Waals surface area contributed by atoms with Gasteiger partial charge in [0.05, 0.1) is 0 Å². The molecule has 1 aromatic rings. The quantitative estimate of drug-likeness (QED) is 0.631. The number of halogens is 1. The second-order valence-electron chi connectivity index (χ2n) is 7.13. The van der Waals surface area contributed by atoms with Crippen molar-refractivity contribution in [1.29, 1.82) is 0 Å². The molecule has 1 aromatic carbocycles. The molecular weight excluding hydrogens is 252 g/mol. The first-order valence-corrected chi connectivity index (χ1v) is 8.02. The van der Waals surface area contributed by atoms with E-state index in [9.17, 15) is 0 Å². The summed E-state index contributed by atoms with van der Waals surface area (Å²) in [7, 11) is 0. The maximum atomic E-state index is 6.67. The largest absolute Gasteiger partial charge is 0.123 e. The summed E-state index contributed by atoms with van der Waals surface area (Å²) in [5.41, 5.74) is 3.18. The molecule has 106 valence electrons. The van der Waals surface area contributed by atoms with Crippen molar-refractivity contribution in [2.75, 3.05) is 0 Å². The average molecular weight is 279 g/mol. The van der Waals surface area contributed by atoms with Gasteiger partial charge in [0, 0.05) is 5.38 Å². The van der Waals surface area contributed by atoms with Gasteiger partial charge in [0.1, 0.15) is 0 Å². The topological polar surface area (TPSA) is 0 Å². The number of rotatable bonds is 3. The van der Waals surface area contributed by atoms with Crippen molar-refractivity contribution < 1.29 is 0 Å². The monoisotopic (exact) mass is 278 g/mol. The molecule has 19 heavy (non-hydrogen) atoms. The Kier molecular flexibility index (Phi) is 4.61. The van der Waals surface area contributed by atoms with Gasteiger partial charge >= 0.3 is 0 Å². The Bertz CT molecular complexity index is 421. The summed E-state index contributed by atoms with van der Waals surface area (Å²) in [5, 5.41) is 0.350. The molecule has 3 atom stereocenters. The van der Waals surface area contributed by atoms with E-state index in [-0.39, 0.29) is 0 Å². The van der Waals surface area contributed by atoms with Crippen molar-refractivity contribution in [3.05, 3.63) is 35.4 Å². The summed E-state index contributed by atoms with van der Waals surface area (Å²) in [6.07, 6.45) is 4.95. The van der Waals surface area contributed by atoms with Crippen molar-refractivity contribution in [2.24, 2.45) is 17.3 Å². The molecule has 0 N–H and O–H groups in total. The standard InChI is InChI=1S/C18H27Cl/c1-13-9-10-16(17(19)11-13)18(3,4)12-15-8-6-5-7-14(15)2/h5-8,13,16-17H,9-12H2,1-4H3. The van der Waals surface area contributed by atoms with Crippen molar-refractivity contribution in [3.63, 3.8) is 0 Å². The highest BCUT2D eigenvalue weighted by Crippen LogP contribution is 2.44. The highest BCUT2D eigenvalue weighted by molar-refractivity contribution is 6.20. The zero-order valence-electron chi connectivity index (χ0n) is 12.7. The summed E-state index contributed by atoms with van der Waals surface area (Å²) < 4.78 is 0. The molecular formula is C18H27Cl.